The molecule has 2 atom stereocenters. The van der Waals surface area contributed by atoms with Gasteiger partial charge >= 0.3 is 0 Å². The van der Waals surface area contributed by atoms with Crippen molar-refractivity contribution in [2.75, 3.05) is 17.2 Å². The van der Waals surface area contributed by atoms with Gasteiger partial charge in [-0.2, -0.15) is 0 Å². The average Bonchev–Trinajstić information content (AvgIpc) is 2.77. The molecule has 0 amide bonds. The molecule has 1 aromatic rings. The fourth-order valence-electron chi connectivity index (χ4n) is 3.54. The van der Waals surface area contributed by atoms with Gasteiger partial charge in [0.25, 0.3) is 0 Å². The van der Waals surface area contributed by atoms with Gasteiger partial charge in [0.1, 0.15) is 0 Å². The molecule has 92 valence electrons. The molecule has 3 rings (SSSR count). The third kappa shape index (κ3) is 2.05. The van der Waals surface area contributed by atoms with Crippen LogP contribution in [-0.2, 0) is 0 Å². The SMILES string of the molecule is Nc1cc(Br)ccc1N1CCCC2CCCC21. The van der Waals surface area contributed by atoms with Crippen molar-refractivity contribution in [1.29, 1.82) is 0 Å². The molecular weight excluding hydrogens is 276 g/mol. The first-order chi connectivity index (χ1) is 8.25. The summed E-state index contributed by atoms with van der Waals surface area (Å²) in [6, 6.07) is 7.03. The summed E-state index contributed by atoms with van der Waals surface area (Å²) < 4.78 is 1.07. The van der Waals surface area contributed by atoms with Gasteiger partial charge in [0.2, 0.25) is 0 Å². The van der Waals surface area contributed by atoms with Crippen molar-refractivity contribution in [2.45, 2.75) is 38.1 Å². The highest BCUT2D eigenvalue weighted by Gasteiger charge is 2.35. The first-order valence-corrected chi connectivity index (χ1v) is 7.36. The largest absolute Gasteiger partial charge is 0.397 e. The summed E-state index contributed by atoms with van der Waals surface area (Å²) in [6.45, 7) is 1.17. The number of halogens is 1. The molecule has 1 aliphatic carbocycles. The number of hydrogen-bond acceptors (Lipinski definition) is 2. The lowest BCUT2D eigenvalue weighted by Gasteiger charge is -2.40. The van der Waals surface area contributed by atoms with Crippen LogP contribution in [-0.4, -0.2) is 12.6 Å². The minimum Gasteiger partial charge on any atom is -0.397 e. The maximum Gasteiger partial charge on any atom is 0.0603 e. The monoisotopic (exact) mass is 294 g/mol. The molecule has 1 saturated heterocycles. The predicted molar refractivity (Wildman–Crippen MR) is 76.3 cm³/mol. The second kappa shape index (κ2) is 4.52. The second-order valence-corrected chi connectivity index (χ2v) is 6.21. The molecule has 0 bridgehead atoms. The lowest BCUT2D eigenvalue weighted by atomic mass is 9.91. The normalized spacial score (nSPS) is 28.2. The molecule has 3 heteroatoms. The summed E-state index contributed by atoms with van der Waals surface area (Å²) >= 11 is 3.48. The number of nitrogens with two attached hydrogens (primary N) is 1. The van der Waals surface area contributed by atoms with E-state index in [0.29, 0.717) is 0 Å². The summed E-state index contributed by atoms with van der Waals surface area (Å²) in [5.41, 5.74) is 8.31. The van der Waals surface area contributed by atoms with Crippen LogP contribution in [0.25, 0.3) is 0 Å². The second-order valence-electron chi connectivity index (χ2n) is 5.30. The van der Waals surface area contributed by atoms with Crippen LogP contribution in [0.4, 0.5) is 11.4 Å². The Balaban J connectivity index is 1.91. The van der Waals surface area contributed by atoms with Crippen LogP contribution < -0.4 is 10.6 Å². The number of anilines is 2. The van der Waals surface area contributed by atoms with Crippen molar-refractivity contribution in [1.82, 2.24) is 0 Å². The minimum absolute atomic E-state index is 0.743. The summed E-state index contributed by atoms with van der Waals surface area (Å²) in [4.78, 5) is 2.56. The zero-order chi connectivity index (χ0) is 11.8. The van der Waals surface area contributed by atoms with Crippen LogP contribution in [0, 0.1) is 5.92 Å². The van der Waals surface area contributed by atoms with E-state index in [2.05, 4.69) is 33.0 Å². The third-order valence-electron chi connectivity index (χ3n) is 4.29. The zero-order valence-electron chi connectivity index (χ0n) is 10.0. The molecule has 1 aliphatic heterocycles. The Morgan fingerprint density at radius 3 is 2.82 bits per heavy atom. The van der Waals surface area contributed by atoms with Crippen LogP contribution >= 0.6 is 15.9 Å². The van der Waals surface area contributed by atoms with E-state index in [1.807, 2.05) is 6.07 Å². The highest BCUT2D eigenvalue weighted by Crippen LogP contribution is 2.41. The number of piperidine rings is 1. The number of nitrogen functional groups attached to an aromatic ring is 1. The van der Waals surface area contributed by atoms with E-state index >= 15 is 0 Å². The van der Waals surface area contributed by atoms with E-state index in [4.69, 9.17) is 5.73 Å². The maximum atomic E-state index is 6.16. The zero-order valence-corrected chi connectivity index (χ0v) is 11.6. The van der Waals surface area contributed by atoms with E-state index < -0.39 is 0 Å². The Labute approximate surface area is 111 Å². The van der Waals surface area contributed by atoms with Crippen molar-refractivity contribution in [3.05, 3.63) is 22.7 Å². The first-order valence-electron chi connectivity index (χ1n) is 6.57. The molecule has 2 aliphatic rings. The molecular formula is C14H19BrN2. The van der Waals surface area contributed by atoms with E-state index in [0.717, 1.165) is 22.1 Å². The molecule has 0 radical (unpaired) electrons. The van der Waals surface area contributed by atoms with Gasteiger partial charge in [-0.3, -0.25) is 0 Å². The topological polar surface area (TPSA) is 29.3 Å². The molecule has 0 aromatic heterocycles. The smallest absolute Gasteiger partial charge is 0.0603 e. The van der Waals surface area contributed by atoms with Crippen LogP contribution in [0.5, 0.6) is 0 Å². The number of nitrogens with zero attached hydrogens (tertiary/aromatic N) is 1. The van der Waals surface area contributed by atoms with Gasteiger partial charge in [-0.25, -0.2) is 0 Å². The Morgan fingerprint density at radius 2 is 2.00 bits per heavy atom. The van der Waals surface area contributed by atoms with Crippen molar-refractivity contribution >= 4 is 27.3 Å². The Hall–Kier alpha value is -0.700. The highest BCUT2D eigenvalue weighted by atomic mass is 79.9. The number of benzene rings is 1. The van der Waals surface area contributed by atoms with Crippen molar-refractivity contribution in [3.63, 3.8) is 0 Å². The van der Waals surface area contributed by atoms with Gasteiger partial charge in [0, 0.05) is 17.1 Å². The fourth-order valence-corrected chi connectivity index (χ4v) is 3.92. The Morgan fingerprint density at radius 1 is 1.18 bits per heavy atom. The summed E-state index contributed by atoms with van der Waals surface area (Å²) in [6.07, 6.45) is 6.88. The fraction of sp³-hybridized carbons (Fsp3) is 0.571. The molecule has 1 saturated carbocycles. The quantitative estimate of drug-likeness (QED) is 0.798. The average molecular weight is 295 g/mol. The molecule has 1 heterocycles. The van der Waals surface area contributed by atoms with Crippen LogP contribution in [0.3, 0.4) is 0 Å². The van der Waals surface area contributed by atoms with Crippen molar-refractivity contribution in [3.8, 4) is 0 Å². The Kier molecular flexibility index (Phi) is 3.03. The first kappa shape index (κ1) is 11.4. The number of hydrogen-bond donors (Lipinski definition) is 1. The Bertz CT molecular complexity index is 419. The van der Waals surface area contributed by atoms with E-state index in [1.165, 1.54) is 44.3 Å². The summed E-state index contributed by atoms with van der Waals surface area (Å²) in [5.74, 6) is 0.909. The molecule has 0 spiro atoms. The molecule has 2 N–H and O–H groups in total. The van der Waals surface area contributed by atoms with E-state index in [9.17, 15) is 0 Å². The molecule has 2 unspecified atom stereocenters. The van der Waals surface area contributed by atoms with E-state index in [1.54, 1.807) is 0 Å². The van der Waals surface area contributed by atoms with Gasteiger partial charge in [-0.1, -0.05) is 22.4 Å². The maximum absolute atomic E-state index is 6.16. The van der Waals surface area contributed by atoms with E-state index in [-0.39, 0.29) is 0 Å². The van der Waals surface area contributed by atoms with Gasteiger partial charge in [-0.15, -0.1) is 0 Å². The molecule has 1 aromatic carbocycles. The number of rotatable bonds is 1. The predicted octanol–water partition coefficient (Wildman–Crippen LogP) is 3.80. The standard InChI is InChI=1S/C14H19BrN2/c15-11-6-7-14(12(16)9-11)17-8-2-4-10-3-1-5-13(10)17/h6-7,9-10,13H,1-5,8,16H2. The lowest BCUT2D eigenvalue weighted by molar-refractivity contribution is 0.363. The van der Waals surface area contributed by atoms with Crippen LogP contribution in [0.15, 0.2) is 22.7 Å². The minimum atomic E-state index is 0.743. The van der Waals surface area contributed by atoms with Gasteiger partial charge in [0.15, 0.2) is 0 Å². The highest BCUT2D eigenvalue weighted by molar-refractivity contribution is 9.10. The van der Waals surface area contributed by atoms with Gasteiger partial charge in [0.05, 0.1) is 11.4 Å². The van der Waals surface area contributed by atoms with Gasteiger partial charge < -0.3 is 10.6 Å². The van der Waals surface area contributed by atoms with Crippen LogP contribution in [0.2, 0.25) is 0 Å². The third-order valence-corrected chi connectivity index (χ3v) is 4.79. The molecule has 17 heavy (non-hydrogen) atoms. The van der Waals surface area contributed by atoms with Gasteiger partial charge in [-0.05, 0) is 49.8 Å². The summed E-state index contributed by atoms with van der Waals surface area (Å²) in [5, 5.41) is 0. The summed E-state index contributed by atoms with van der Waals surface area (Å²) in [7, 11) is 0. The lowest BCUT2D eigenvalue weighted by Crippen LogP contribution is -2.42. The number of fused-ring (bicyclic) bond motifs is 1. The molecule has 2 nitrogen and oxygen atoms in total. The van der Waals surface area contributed by atoms with Crippen molar-refractivity contribution in [2.24, 2.45) is 5.92 Å². The van der Waals surface area contributed by atoms with Crippen molar-refractivity contribution < 1.29 is 0 Å². The van der Waals surface area contributed by atoms with Crippen LogP contribution in [0.1, 0.15) is 32.1 Å². The molecule has 2 fully saturated rings.